The van der Waals surface area contributed by atoms with Gasteiger partial charge in [-0.15, -0.1) is 0 Å². The van der Waals surface area contributed by atoms with Crippen LogP contribution in [0.3, 0.4) is 0 Å². The minimum absolute atomic E-state index is 0.0939. The van der Waals surface area contributed by atoms with Gasteiger partial charge in [-0.1, -0.05) is 74.0 Å². The van der Waals surface area contributed by atoms with Crippen molar-refractivity contribution in [3.8, 4) is 0 Å². The van der Waals surface area contributed by atoms with Crippen LogP contribution in [-0.2, 0) is 11.8 Å². The highest BCUT2D eigenvalue weighted by Gasteiger charge is 2.38. The van der Waals surface area contributed by atoms with Crippen molar-refractivity contribution in [2.75, 3.05) is 0 Å². The zero-order chi connectivity index (χ0) is 19.8. The summed E-state index contributed by atoms with van der Waals surface area (Å²) in [7, 11) is 0. The molecule has 2 aliphatic carbocycles. The molecule has 1 atom stereocenters. The van der Waals surface area contributed by atoms with E-state index >= 15 is 0 Å². The SMILES string of the molecule is Cc1ccc(C2C=Cc3c(c4cccc5c4n3C3=C(CCC=C3)C5(C)C)C2)cc1. The van der Waals surface area contributed by atoms with Crippen molar-refractivity contribution in [2.24, 2.45) is 0 Å². The standard InChI is InChI=1S/C28H27N/c1-18-11-13-19(14-12-18)20-15-16-25-22(17-20)21-7-6-9-24-27(21)29(25)26-10-5-4-8-23(26)28(24,2)3/h5-7,9-16,20H,4,8,17H2,1-3H3. The third kappa shape index (κ3) is 2.28. The minimum Gasteiger partial charge on any atom is -0.309 e. The maximum Gasteiger partial charge on any atom is 0.0578 e. The first-order valence-electron chi connectivity index (χ1n) is 10.9. The van der Waals surface area contributed by atoms with Gasteiger partial charge in [-0.05, 0) is 60.6 Å². The Balaban J connectivity index is 1.60. The second-order valence-corrected chi connectivity index (χ2v) is 9.41. The zero-order valence-corrected chi connectivity index (χ0v) is 17.5. The maximum atomic E-state index is 2.57. The summed E-state index contributed by atoms with van der Waals surface area (Å²) in [5, 5.41) is 1.44. The fourth-order valence-corrected chi connectivity index (χ4v) is 5.76. The molecule has 3 aliphatic rings. The number of nitrogens with zero attached hydrogens (tertiary/aromatic N) is 1. The van der Waals surface area contributed by atoms with Crippen molar-refractivity contribution in [2.45, 2.75) is 51.4 Å². The van der Waals surface area contributed by atoms with Crippen molar-refractivity contribution in [3.05, 3.63) is 94.2 Å². The Morgan fingerprint density at radius 2 is 1.83 bits per heavy atom. The molecule has 2 aromatic carbocycles. The van der Waals surface area contributed by atoms with Crippen LogP contribution in [0.25, 0.3) is 22.7 Å². The lowest BCUT2D eigenvalue weighted by atomic mass is 9.71. The molecule has 0 fully saturated rings. The number of benzene rings is 2. The van der Waals surface area contributed by atoms with Crippen molar-refractivity contribution in [1.82, 2.24) is 4.57 Å². The molecule has 1 aliphatic heterocycles. The number of rotatable bonds is 1. The summed E-state index contributed by atoms with van der Waals surface area (Å²) < 4.78 is 2.57. The van der Waals surface area contributed by atoms with E-state index in [-0.39, 0.29) is 5.41 Å². The molecule has 0 saturated carbocycles. The van der Waals surface area contributed by atoms with Gasteiger partial charge in [0, 0.05) is 28.1 Å². The molecule has 3 aromatic rings. The molecule has 0 bridgehead atoms. The van der Waals surface area contributed by atoms with E-state index in [1.54, 1.807) is 5.57 Å². The van der Waals surface area contributed by atoms with E-state index in [1.165, 1.54) is 44.5 Å². The van der Waals surface area contributed by atoms with Crippen LogP contribution in [0.15, 0.2) is 66.3 Å². The molecule has 1 unspecified atom stereocenters. The highest BCUT2D eigenvalue weighted by atomic mass is 15.0. The first kappa shape index (κ1) is 17.1. The third-order valence-electron chi connectivity index (χ3n) is 7.37. The molecule has 0 N–H and O–H groups in total. The average Bonchev–Trinajstić information content (AvgIpc) is 3.07. The summed E-state index contributed by atoms with van der Waals surface area (Å²) in [4.78, 5) is 0. The van der Waals surface area contributed by atoms with Gasteiger partial charge in [-0.25, -0.2) is 0 Å². The molecule has 1 heteroatoms. The Hall–Kier alpha value is -2.80. The summed E-state index contributed by atoms with van der Waals surface area (Å²) in [5.41, 5.74) is 11.7. The molecule has 0 amide bonds. The van der Waals surface area contributed by atoms with Crippen molar-refractivity contribution >= 4 is 22.7 Å². The Kier molecular flexibility index (Phi) is 3.45. The molecule has 6 rings (SSSR count). The van der Waals surface area contributed by atoms with E-state index in [0.29, 0.717) is 5.92 Å². The molecular weight excluding hydrogens is 350 g/mol. The molecule has 2 heterocycles. The molecule has 1 nitrogen and oxygen atoms in total. The van der Waals surface area contributed by atoms with Crippen molar-refractivity contribution < 1.29 is 0 Å². The Bertz CT molecular complexity index is 1240. The largest absolute Gasteiger partial charge is 0.309 e. The summed E-state index contributed by atoms with van der Waals surface area (Å²) in [6, 6.07) is 16.0. The van der Waals surface area contributed by atoms with Crippen LogP contribution in [-0.4, -0.2) is 4.57 Å². The molecule has 29 heavy (non-hydrogen) atoms. The number of aromatic nitrogens is 1. The number of para-hydroxylation sites is 1. The lowest BCUT2D eigenvalue weighted by molar-refractivity contribution is 0.584. The monoisotopic (exact) mass is 377 g/mol. The Morgan fingerprint density at radius 3 is 2.66 bits per heavy atom. The lowest BCUT2D eigenvalue weighted by Gasteiger charge is -2.38. The normalized spacial score (nSPS) is 21.4. The van der Waals surface area contributed by atoms with Crippen LogP contribution in [0.2, 0.25) is 0 Å². The molecule has 144 valence electrons. The van der Waals surface area contributed by atoms with Gasteiger partial charge in [0.1, 0.15) is 0 Å². The predicted molar refractivity (Wildman–Crippen MR) is 123 cm³/mol. The van der Waals surface area contributed by atoms with E-state index in [1.807, 2.05) is 0 Å². The van der Waals surface area contributed by atoms with Crippen LogP contribution in [0.1, 0.15) is 60.6 Å². The van der Waals surface area contributed by atoms with Gasteiger partial charge < -0.3 is 4.57 Å². The first-order valence-corrected chi connectivity index (χ1v) is 10.9. The van der Waals surface area contributed by atoms with E-state index in [9.17, 15) is 0 Å². The summed E-state index contributed by atoms with van der Waals surface area (Å²) in [6.07, 6.45) is 12.9. The summed E-state index contributed by atoms with van der Waals surface area (Å²) >= 11 is 0. The van der Waals surface area contributed by atoms with Gasteiger partial charge in [0.05, 0.1) is 5.52 Å². The van der Waals surface area contributed by atoms with Crippen LogP contribution in [0.5, 0.6) is 0 Å². The van der Waals surface area contributed by atoms with Crippen LogP contribution < -0.4 is 0 Å². The van der Waals surface area contributed by atoms with Gasteiger partial charge in [0.25, 0.3) is 0 Å². The Morgan fingerprint density at radius 1 is 1.00 bits per heavy atom. The fourth-order valence-electron chi connectivity index (χ4n) is 5.76. The van der Waals surface area contributed by atoms with Crippen LogP contribution in [0, 0.1) is 6.92 Å². The van der Waals surface area contributed by atoms with Gasteiger partial charge in [-0.2, -0.15) is 0 Å². The number of hydrogen-bond acceptors (Lipinski definition) is 0. The third-order valence-corrected chi connectivity index (χ3v) is 7.37. The number of allylic oxidation sites excluding steroid dienone is 5. The fraction of sp³-hybridized carbons (Fsp3) is 0.286. The van der Waals surface area contributed by atoms with Crippen molar-refractivity contribution in [3.63, 3.8) is 0 Å². The van der Waals surface area contributed by atoms with E-state index < -0.39 is 0 Å². The highest BCUT2D eigenvalue weighted by molar-refractivity contribution is 5.98. The van der Waals surface area contributed by atoms with Gasteiger partial charge in [0.15, 0.2) is 0 Å². The van der Waals surface area contributed by atoms with E-state index in [4.69, 9.17) is 0 Å². The zero-order valence-electron chi connectivity index (χ0n) is 17.5. The lowest BCUT2D eigenvalue weighted by Crippen LogP contribution is -2.28. The quantitative estimate of drug-likeness (QED) is 0.424. The van der Waals surface area contributed by atoms with Crippen LogP contribution >= 0.6 is 0 Å². The summed E-state index contributed by atoms with van der Waals surface area (Å²) in [5.74, 6) is 0.454. The molecule has 0 saturated heterocycles. The molecule has 0 spiro atoms. The van der Waals surface area contributed by atoms with Crippen LogP contribution in [0.4, 0.5) is 0 Å². The molecular formula is C28H27N. The predicted octanol–water partition coefficient (Wildman–Crippen LogP) is 7.16. The van der Waals surface area contributed by atoms with E-state index in [2.05, 4.69) is 92.1 Å². The minimum atomic E-state index is 0.0939. The van der Waals surface area contributed by atoms with Gasteiger partial charge in [0.2, 0.25) is 0 Å². The number of aryl methyl sites for hydroxylation is 1. The molecule has 1 aromatic heterocycles. The smallest absolute Gasteiger partial charge is 0.0578 e. The van der Waals surface area contributed by atoms with Gasteiger partial charge in [-0.3, -0.25) is 0 Å². The summed E-state index contributed by atoms with van der Waals surface area (Å²) in [6.45, 7) is 6.99. The topological polar surface area (TPSA) is 4.93 Å². The van der Waals surface area contributed by atoms with E-state index in [0.717, 1.165) is 19.3 Å². The van der Waals surface area contributed by atoms with Gasteiger partial charge >= 0.3 is 0 Å². The first-order chi connectivity index (χ1) is 14.1. The number of hydrogen-bond donors (Lipinski definition) is 0. The maximum absolute atomic E-state index is 2.57. The Labute approximate surface area is 173 Å². The number of fused-ring (bicyclic) bond motifs is 4. The second-order valence-electron chi connectivity index (χ2n) is 9.41. The molecule has 0 radical (unpaired) electrons. The highest BCUT2D eigenvalue weighted by Crippen LogP contribution is 2.50. The second kappa shape index (κ2) is 5.86. The van der Waals surface area contributed by atoms with Crippen molar-refractivity contribution in [1.29, 1.82) is 0 Å². The average molecular weight is 378 g/mol.